The fourth-order valence-corrected chi connectivity index (χ4v) is 2.59. The maximum atomic E-state index is 12.4. The van der Waals surface area contributed by atoms with Crippen LogP contribution in [0.1, 0.15) is 13.3 Å². The number of hydrogen-bond acceptors (Lipinski definition) is 3. The normalized spacial score (nSPS) is 26.5. The van der Waals surface area contributed by atoms with Gasteiger partial charge in [-0.25, -0.2) is 0 Å². The standard InChI is InChI=1S/C13H23F3N4O/c1-12(8-21-9-12)6-18-11(17-2)19-10-3-4-20(5-10)7-13(14,15)16/h10H,3-9H2,1-2H3,(H2,17,18,19). The Morgan fingerprint density at radius 3 is 2.67 bits per heavy atom. The van der Waals surface area contributed by atoms with Crippen LogP contribution in [0.2, 0.25) is 0 Å². The Morgan fingerprint density at radius 2 is 2.14 bits per heavy atom. The Balaban J connectivity index is 1.73. The molecule has 0 aromatic rings. The molecule has 0 aromatic heterocycles. The molecule has 5 nitrogen and oxygen atoms in total. The van der Waals surface area contributed by atoms with Crippen molar-refractivity contribution in [2.24, 2.45) is 10.4 Å². The minimum atomic E-state index is -4.13. The lowest BCUT2D eigenvalue weighted by atomic mass is 9.89. The molecule has 2 rings (SSSR count). The smallest absolute Gasteiger partial charge is 0.380 e. The van der Waals surface area contributed by atoms with Gasteiger partial charge < -0.3 is 15.4 Å². The van der Waals surface area contributed by atoms with Crippen LogP contribution < -0.4 is 10.6 Å². The predicted octanol–water partition coefficient (Wildman–Crippen LogP) is 0.824. The van der Waals surface area contributed by atoms with Crippen molar-refractivity contribution in [3.63, 3.8) is 0 Å². The molecule has 2 aliphatic heterocycles. The number of alkyl halides is 3. The zero-order valence-electron chi connectivity index (χ0n) is 12.5. The van der Waals surface area contributed by atoms with Crippen molar-refractivity contribution in [3.8, 4) is 0 Å². The second-order valence-electron chi connectivity index (χ2n) is 6.21. The van der Waals surface area contributed by atoms with Crippen LogP contribution in [-0.4, -0.2) is 69.5 Å². The van der Waals surface area contributed by atoms with E-state index in [-0.39, 0.29) is 11.5 Å². The summed E-state index contributed by atoms with van der Waals surface area (Å²) in [6.07, 6.45) is -3.44. The highest BCUT2D eigenvalue weighted by atomic mass is 19.4. The molecule has 2 fully saturated rings. The van der Waals surface area contributed by atoms with Gasteiger partial charge in [-0.15, -0.1) is 0 Å². The van der Waals surface area contributed by atoms with E-state index in [0.29, 0.717) is 25.5 Å². The van der Waals surface area contributed by atoms with Crippen molar-refractivity contribution >= 4 is 5.96 Å². The summed E-state index contributed by atoms with van der Waals surface area (Å²) in [5.74, 6) is 0.641. The number of aliphatic imine (C=N–C) groups is 1. The van der Waals surface area contributed by atoms with Crippen LogP contribution in [0.5, 0.6) is 0 Å². The van der Waals surface area contributed by atoms with Gasteiger partial charge in [0.2, 0.25) is 0 Å². The van der Waals surface area contributed by atoms with Gasteiger partial charge in [0.05, 0.1) is 19.8 Å². The van der Waals surface area contributed by atoms with Crippen LogP contribution in [0.15, 0.2) is 4.99 Å². The molecule has 0 spiro atoms. The number of hydrogen-bond donors (Lipinski definition) is 2. The number of halogens is 3. The molecular weight excluding hydrogens is 285 g/mol. The molecule has 0 bridgehead atoms. The van der Waals surface area contributed by atoms with Crippen molar-refractivity contribution in [2.45, 2.75) is 25.6 Å². The molecule has 2 aliphatic rings. The van der Waals surface area contributed by atoms with Gasteiger partial charge in [0.1, 0.15) is 0 Å². The van der Waals surface area contributed by atoms with Crippen LogP contribution >= 0.6 is 0 Å². The highest BCUT2D eigenvalue weighted by Crippen LogP contribution is 2.25. The lowest BCUT2D eigenvalue weighted by Gasteiger charge is -2.38. The van der Waals surface area contributed by atoms with Crippen molar-refractivity contribution in [1.82, 2.24) is 15.5 Å². The van der Waals surface area contributed by atoms with Gasteiger partial charge in [-0.05, 0) is 6.42 Å². The van der Waals surface area contributed by atoms with Gasteiger partial charge in [0.15, 0.2) is 5.96 Å². The highest BCUT2D eigenvalue weighted by Gasteiger charge is 2.35. The third-order valence-electron chi connectivity index (χ3n) is 3.82. The fraction of sp³-hybridized carbons (Fsp3) is 0.923. The topological polar surface area (TPSA) is 48.9 Å². The van der Waals surface area contributed by atoms with Crippen LogP contribution in [0, 0.1) is 5.41 Å². The SMILES string of the molecule is CN=C(NCC1(C)COC1)NC1CCN(CC(F)(F)F)C1. The predicted molar refractivity (Wildman–Crippen MR) is 74.3 cm³/mol. The first-order valence-electron chi connectivity index (χ1n) is 7.14. The second kappa shape index (κ2) is 6.39. The molecule has 0 radical (unpaired) electrons. The molecule has 0 amide bonds. The fourth-order valence-electron chi connectivity index (χ4n) is 2.59. The van der Waals surface area contributed by atoms with E-state index in [2.05, 4.69) is 22.5 Å². The molecule has 21 heavy (non-hydrogen) atoms. The van der Waals surface area contributed by atoms with Gasteiger partial charge in [0.25, 0.3) is 0 Å². The van der Waals surface area contributed by atoms with Gasteiger partial charge in [0, 0.05) is 38.1 Å². The first-order chi connectivity index (χ1) is 9.80. The average molecular weight is 308 g/mol. The molecular formula is C13H23F3N4O. The zero-order chi connectivity index (χ0) is 15.5. The molecule has 2 saturated heterocycles. The number of guanidine groups is 1. The van der Waals surface area contributed by atoms with Gasteiger partial charge in [-0.3, -0.25) is 9.89 Å². The van der Waals surface area contributed by atoms with Gasteiger partial charge in [-0.2, -0.15) is 13.2 Å². The third-order valence-corrected chi connectivity index (χ3v) is 3.82. The van der Waals surface area contributed by atoms with Crippen LogP contribution in [-0.2, 0) is 4.74 Å². The first-order valence-corrected chi connectivity index (χ1v) is 7.14. The summed E-state index contributed by atoms with van der Waals surface area (Å²) in [4.78, 5) is 5.55. The molecule has 8 heteroatoms. The molecule has 2 heterocycles. The number of rotatable bonds is 4. The molecule has 122 valence electrons. The summed E-state index contributed by atoms with van der Waals surface area (Å²) in [6, 6.07) is 0.00370. The lowest BCUT2D eigenvalue weighted by Crippen LogP contribution is -2.52. The Hall–Kier alpha value is -1.02. The Morgan fingerprint density at radius 1 is 1.43 bits per heavy atom. The maximum absolute atomic E-state index is 12.4. The quantitative estimate of drug-likeness (QED) is 0.596. The minimum Gasteiger partial charge on any atom is -0.380 e. The van der Waals surface area contributed by atoms with Gasteiger partial charge >= 0.3 is 6.18 Å². The average Bonchev–Trinajstić information content (AvgIpc) is 2.77. The van der Waals surface area contributed by atoms with Crippen molar-refractivity contribution in [3.05, 3.63) is 0 Å². The molecule has 0 aromatic carbocycles. The molecule has 0 aliphatic carbocycles. The zero-order valence-corrected chi connectivity index (χ0v) is 12.5. The van der Waals surface area contributed by atoms with Crippen LogP contribution in [0.25, 0.3) is 0 Å². The van der Waals surface area contributed by atoms with Crippen LogP contribution in [0.3, 0.4) is 0 Å². The van der Waals surface area contributed by atoms with E-state index in [4.69, 9.17) is 4.74 Å². The van der Waals surface area contributed by atoms with Crippen molar-refractivity contribution in [1.29, 1.82) is 0 Å². The van der Waals surface area contributed by atoms with E-state index in [1.54, 1.807) is 7.05 Å². The maximum Gasteiger partial charge on any atom is 0.401 e. The molecule has 1 atom stereocenters. The largest absolute Gasteiger partial charge is 0.401 e. The number of ether oxygens (including phenoxy) is 1. The van der Waals surface area contributed by atoms with E-state index in [1.165, 1.54) is 4.90 Å². The van der Waals surface area contributed by atoms with E-state index in [9.17, 15) is 13.2 Å². The van der Waals surface area contributed by atoms with Crippen LogP contribution in [0.4, 0.5) is 13.2 Å². The van der Waals surface area contributed by atoms with Crippen molar-refractivity contribution < 1.29 is 17.9 Å². The van der Waals surface area contributed by atoms with Gasteiger partial charge in [-0.1, -0.05) is 6.92 Å². The number of nitrogens with zero attached hydrogens (tertiary/aromatic N) is 2. The number of likely N-dealkylation sites (tertiary alicyclic amines) is 1. The third kappa shape index (κ3) is 5.03. The van der Waals surface area contributed by atoms with Crippen molar-refractivity contribution in [2.75, 3.05) is 46.4 Å². The Kier molecular flexibility index (Phi) is 4.98. The number of nitrogens with one attached hydrogen (secondary N) is 2. The minimum absolute atomic E-state index is 0.00370. The molecule has 0 saturated carbocycles. The van der Waals surface area contributed by atoms with E-state index in [0.717, 1.165) is 19.8 Å². The summed E-state index contributed by atoms with van der Waals surface area (Å²) in [5, 5.41) is 6.41. The lowest BCUT2D eigenvalue weighted by molar-refractivity contribution is -0.143. The van der Waals surface area contributed by atoms with E-state index >= 15 is 0 Å². The first kappa shape index (κ1) is 16.4. The highest BCUT2D eigenvalue weighted by molar-refractivity contribution is 5.80. The monoisotopic (exact) mass is 308 g/mol. The Labute approximate surface area is 122 Å². The summed E-state index contributed by atoms with van der Waals surface area (Å²) in [6.45, 7) is 4.32. The summed E-state index contributed by atoms with van der Waals surface area (Å²) in [5.41, 5.74) is 0.121. The summed E-state index contributed by atoms with van der Waals surface area (Å²) < 4.78 is 42.2. The van der Waals surface area contributed by atoms with E-state index < -0.39 is 12.7 Å². The Bertz CT molecular complexity index is 382. The summed E-state index contributed by atoms with van der Waals surface area (Å²) >= 11 is 0. The second-order valence-corrected chi connectivity index (χ2v) is 6.21. The molecule has 2 N–H and O–H groups in total. The van der Waals surface area contributed by atoms with E-state index in [1.807, 2.05) is 0 Å². The molecule has 1 unspecified atom stereocenters. The summed E-state index contributed by atoms with van der Waals surface area (Å²) in [7, 11) is 1.66.